The van der Waals surface area contributed by atoms with Crippen LogP contribution in [0.3, 0.4) is 0 Å². The van der Waals surface area contributed by atoms with Gasteiger partial charge >= 0.3 is 6.18 Å². The van der Waals surface area contributed by atoms with Crippen LogP contribution in [0, 0.1) is 0 Å². The van der Waals surface area contributed by atoms with E-state index in [2.05, 4.69) is 32.4 Å². The molecule has 1 saturated heterocycles. The van der Waals surface area contributed by atoms with Gasteiger partial charge in [0.15, 0.2) is 0 Å². The lowest BCUT2D eigenvalue weighted by atomic mass is 10.0. The fraction of sp³-hybridized carbons (Fsp3) is 0.526. The van der Waals surface area contributed by atoms with Gasteiger partial charge in [-0.15, -0.1) is 10.2 Å². The molecular weight excluding hydrogens is 371 g/mol. The van der Waals surface area contributed by atoms with Gasteiger partial charge in [-0.05, 0) is 51.1 Å². The van der Waals surface area contributed by atoms with Crippen LogP contribution in [0.1, 0.15) is 31.0 Å². The Balaban J connectivity index is 1.90. The lowest BCUT2D eigenvalue weighted by molar-refractivity contribution is -0.137. The van der Waals surface area contributed by atoms with E-state index in [-0.39, 0.29) is 11.8 Å². The third-order valence-electron chi connectivity index (χ3n) is 4.84. The zero-order valence-electron chi connectivity index (χ0n) is 16.2. The molecule has 0 spiro atoms. The minimum Gasteiger partial charge on any atom is -0.496 e. The summed E-state index contributed by atoms with van der Waals surface area (Å²) in [6, 6.07) is 3.59. The van der Waals surface area contributed by atoms with Crippen LogP contribution in [0.25, 0.3) is 11.3 Å². The maximum absolute atomic E-state index is 13.0. The second kappa shape index (κ2) is 8.30. The Hall–Kier alpha value is -2.42. The topological polar surface area (TPSA) is 63.2 Å². The maximum atomic E-state index is 13.0. The number of alkyl halides is 3. The molecule has 0 saturated carbocycles. The van der Waals surface area contributed by atoms with Crippen molar-refractivity contribution in [2.45, 2.75) is 38.4 Å². The van der Waals surface area contributed by atoms with E-state index in [4.69, 9.17) is 4.74 Å². The third kappa shape index (κ3) is 4.52. The van der Waals surface area contributed by atoms with Gasteiger partial charge in [-0.1, -0.05) is 6.92 Å². The number of piperidine rings is 1. The van der Waals surface area contributed by atoms with Gasteiger partial charge in [0.25, 0.3) is 0 Å². The minimum atomic E-state index is -4.44. The Morgan fingerprint density at radius 2 is 2.07 bits per heavy atom. The summed E-state index contributed by atoms with van der Waals surface area (Å²) in [5.74, 6) is 0.530. The van der Waals surface area contributed by atoms with Crippen LogP contribution in [0.4, 0.5) is 19.1 Å². The van der Waals surface area contributed by atoms with Crippen LogP contribution in [-0.4, -0.2) is 53.4 Å². The highest BCUT2D eigenvalue weighted by molar-refractivity contribution is 5.69. The molecule has 0 radical (unpaired) electrons. The van der Waals surface area contributed by atoms with E-state index >= 15 is 0 Å². The molecule has 2 heterocycles. The molecule has 0 aliphatic carbocycles. The Bertz CT molecular complexity index is 828. The predicted octanol–water partition coefficient (Wildman–Crippen LogP) is 3.63. The van der Waals surface area contributed by atoms with Crippen LogP contribution in [-0.2, 0) is 12.6 Å². The highest BCUT2D eigenvalue weighted by atomic mass is 19.4. The summed E-state index contributed by atoms with van der Waals surface area (Å²) in [5, 5.41) is 11.7. The van der Waals surface area contributed by atoms with Crippen molar-refractivity contribution in [2.24, 2.45) is 0 Å². The van der Waals surface area contributed by atoms with Gasteiger partial charge in [0, 0.05) is 18.2 Å². The van der Waals surface area contributed by atoms with Gasteiger partial charge in [-0.3, -0.25) is 0 Å². The number of halogens is 3. The summed E-state index contributed by atoms with van der Waals surface area (Å²) in [6.07, 6.45) is -1.74. The maximum Gasteiger partial charge on any atom is 0.416 e. The molecular formula is C19H24F3N5O. The summed E-state index contributed by atoms with van der Waals surface area (Å²) in [6.45, 7) is 3.89. The summed E-state index contributed by atoms with van der Waals surface area (Å²) in [5.41, 5.74) is 0.752. The molecule has 152 valence electrons. The summed E-state index contributed by atoms with van der Waals surface area (Å²) >= 11 is 0. The van der Waals surface area contributed by atoms with Crippen molar-refractivity contribution < 1.29 is 17.9 Å². The number of hydrogen-bond acceptors (Lipinski definition) is 6. The van der Waals surface area contributed by atoms with Gasteiger partial charge in [-0.25, -0.2) is 4.98 Å². The molecule has 9 heteroatoms. The summed E-state index contributed by atoms with van der Waals surface area (Å²) in [7, 11) is 3.41. The monoisotopic (exact) mass is 395 g/mol. The first-order valence-corrected chi connectivity index (χ1v) is 9.26. The van der Waals surface area contributed by atoms with E-state index in [9.17, 15) is 13.2 Å². The van der Waals surface area contributed by atoms with Crippen molar-refractivity contribution in [3.8, 4) is 17.0 Å². The standard InChI is InChI=1S/C19H24F3N5O/c1-4-15-17(14-8-7-12(19(20,21)22)10-16(14)28-3)25-26-18(24-15)23-13-6-5-9-27(2)11-13/h7-8,10,13H,4-6,9,11H2,1-3H3,(H,23,24,26)/t13-/m1/s1. The predicted molar refractivity (Wildman–Crippen MR) is 100 cm³/mol. The Kier molecular flexibility index (Phi) is 6.02. The van der Waals surface area contributed by atoms with Crippen molar-refractivity contribution in [3.63, 3.8) is 0 Å². The number of likely N-dealkylation sites (tertiary alicyclic amines) is 1. The Morgan fingerprint density at radius 3 is 2.71 bits per heavy atom. The van der Waals surface area contributed by atoms with E-state index < -0.39 is 11.7 Å². The molecule has 0 amide bonds. The van der Waals surface area contributed by atoms with E-state index in [0.717, 1.165) is 38.1 Å². The average molecular weight is 395 g/mol. The van der Waals surface area contributed by atoms with Crippen LogP contribution in [0.15, 0.2) is 18.2 Å². The fourth-order valence-corrected chi connectivity index (χ4v) is 3.41. The Labute approximate surface area is 162 Å². The summed E-state index contributed by atoms with van der Waals surface area (Å²) in [4.78, 5) is 6.80. The van der Waals surface area contributed by atoms with Crippen LogP contribution >= 0.6 is 0 Å². The minimum absolute atomic E-state index is 0.0928. The molecule has 3 rings (SSSR count). The van der Waals surface area contributed by atoms with Crippen LogP contribution < -0.4 is 10.1 Å². The number of rotatable bonds is 5. The lowest BCUT2D eigenvalue weighted by Crippen LogP contribution is -2.40. The molecule has 1 aliphatic heterocycles. The van der Waals surface area contributed by atoms with E-state index in [1.165, 1.54) is 13.2 Å². The van der Waals surface area contributed by atoms with Gasteiger partial charge in [0.2, 0.25) is 5.95 Å². The van der Waals surface area contributed by atoms with Crippen molar-refractivity contribution in [1.29, 1.82) is 0 Å². The molecule has 1 aromatic heterocycles. The number of hydrogen-bond donors (Lipinski definition) is 1. The van der Waals surface area contributed by atoms with Crippen molar-refractivity contribution >= 4 is 5.95 Å². The van der Waals surface area contributed by atoms with E-state index in [1.807, 2.05) is 6.92 Å². The second-order valence-electron chi connectivity index (χ2n) is 6.94. The number of ether oxygens (including phenoxy) is 1. The van der Waals surface area contributed by atoms with Crippen LogP contribution in [0.5, 0.6) is 5.75 Å². The molecule has 1 aliphatic rings. The van der Waals surface area contributed by atoms with Crippen molar-refractivity contribution in [3.05, 3.63) is 29.5 Å². The number of nitrogens with one attached hydrogen (secondary N) is 1. The first-order chi connectivity index (χ1) is 13.3. The van der Waals surface area contributed by atoms with Gasteiger partial charge < -0.3 is 15.0 Å². The molecule has 1 N–H and O–H groups in total. The molecule has 1 atom stereocenters. The average Bonchev–Trinajstić information content (AvgIpc) is 2.66. The van der Waals surface area contributed by atoms with E-state index in [1.54, 1.807) is 0 Å². The number of aryl methyl sites for hydroxylation is 1. The quantitative estimate of drug-likeness (QED) is 0.834. The number of aromatic nitrogens is 3. The van der Waals surface area contributed by atoms with Crippen molar-refractivity contribution in [1.82, 2.24) is 20.1 Å². The fourth-order valence-electron chi connectivity index (χ4n) is 3.41. The number of methoxy groups -OCH3 is 1. The zero-order chi connectivity index (χ0) is 20.3. The number of likely N-dealkylation sites (N-methyl/N-ethyl adjacent to an activating group) is 1. The van der Waals surface area contributed by atoms with Gasteiger partial charge in [0.05, 0.1) is 18.4 Å². The summed E-state index contributed by atoms with van der Waals surface area (Å²) < 4.78 is 44.1. The molecule has 1 fully saturated rings. The zero-order valence-corrected chi connectivity index (χ0v) is 16.2. The second-order valence-corrected chi connectivity index (χ2v) is 6.94. The molecule has 0 bridgehead atoms. The first-order valence-electron chi connectivity index (χ1n) is 9.26. The largest absolute Gasteiger partial charge is 0.496 e. The molecule has 0 unspecified atom stereocenters. The number of benzene rings is 1. The SMILES string of the molecule is CCc1nc(N[C@@H]2CCCN(C)C2)nnc1-c1ccc(C(F)(F)F)cc1OC. The molecule has 1 aromatic carbocycles. The highest BCUT2D eigenvalue weighted by Crippen LogP contribution is 2.37. The first kappa shape index (κ1) is 20.3. The van der Waals surface area contributed by atoms with Gasteiger partial charge in [0.1, 0.15) is 11.4 Å². The van der Waals surface area contributed by atoms with Gasteiger partial charge in [-0.2, -0.15) is 13.2 Å². The van der Waals surface area contributed by atoms with Crippen molar-refractivity contribution in [2.75, 3.05) is 32.6 Å². The lowest BCUT2D eigenvalue weighted by Gasteiger charge is -2.30. The van der Waals surface area contributed by atoms with Crippen LogP contribution in [0.2, 0.25) is 0 Å². The number of anilines is 1. The smallest absolute Gasteiger partial charge is 0.416 e. The molecule has 28 heavy (non-hydrogen) atoms. The normalized spacial score (nSPS) is 18.1. The third-order valence-corrected chi connectivity index (χ3v) is 4.84. The number of nitrogens with zero attached hydrogens (tertiary/aromatic N) is 4. The molecule has 6 nitrogen and oxygen atoms in total. The highest BCUT2D eigenvalue weighted by Gasteiger charge is 2.31. The van der Waals surface area contributed by atoms with E-state index in [0.29, 0.717) is 29.3 Å². The molecule has 2 aromatic rings. The Morgan fingerprint density at radius 1 is 1.29 bits per heavy atom.